The second-order valence-corrected chi connectivity index (χ2v) is 5.12. The van der Waals surface area contributed by atoms with Crippen molar-refractivity contribution in [2.24, 2.45) is 5.73 Å². The smallest absolute Gasteiger partial charge is 0.325 e. The van der Waals surface area contributed by atoms with Crippen LogP contribution in [0.15, 0.2) is 60.7 Å². The Morgan fingerprint density at radius 2 is 1.43 bits per heavy atom. The molecular weight excluding hydrogens is 314 g/mol. The van der Waals surface area contributed by atoms with Crippen molar-refractivity contribution in [1.29, 1.82) is 0 Å². The summed E-state index contributed by atoms with van der Waals surface area (Å²) >= 11 is 0. The lowest BCUT2D eigenvalue weighted by atomic mass is 10.2. The predicted octanol–water partition coefficient (Wildman–Crippen LogP) is 3.08. The summed E-state index contributed by atoms with van der Waals surface area (Å²) in [6.07, 6.45) is -0.413. The molecule has 0 amide bonds. The summed E-state index contributed by atoms with van der Waals surface area (Å²) in [5.41, 5.74) is 7.86. The minimum absolute atomic E-state index is 0. The SMILES string of the molecule is CC(OCc1ccccc1)C(N)C(=O)OCc1ccccc1.Cl. The van der Waals surface area contributed by atoms with Gasteiger partial charge in [0.15, 0.2) is 0 Å². The highest BCUT2D eigenvalue weighted by molar-refractivity contribution is 5.85. The summed E-state index contributed by atoms with van der Waals surface area (Å²) in [6.45, 7) is 2.41. The Morgan fingerprint density at radius 1 is 0.957 bits per heavy atom. The molecule has 0 aliphatic rings. The van der Waals surface area contributed by atoms with Crippen LogP contribution in [-0.4, -0.2) is 18.1 Å². The van der Waals surface area contributed by atoms with Crippen LogP contribution < -0.4 is 5.73 Å². The highest BCUT2D eigenvalue weighted by Gasteiger charge is 2.23. The van der Waals surface area contributed by atoms with Gasteiger partial charge in [-0.2, -0.15) is 0 Å². The lowest BCUT2D eigenvalue weighted by Crippen LogP contribution is -2.42. The molecular formula is C18H22ClNO3. The molecule has 0 aliphatic heterocycles. The molecule has 0 heterocycles. The van der Waals surface area contributed by atoms with Crippen LogP contribution in [0.1, 0.15) is 18.1 Å². The number of benzene rings is 2. The van der Waals surface area contributed by atoms with Crippen LogP contribution in [0.3, 0.4) is 0 Å². The van der Waals surface area contributed by atoms with E-state index in [1.807, 2.05) is 60.7 Å². The van der Waals surface area contributed by atoms with Crippen molar-refractivity contribution in [2.45, 2.75) is 32.3 Å². The van der Waals surface area contributed by atoms with E-state index in [9.17, 15) is 4.79 Å². The Bertz CT molecular complexity index is 577. The van der Waals surface area contributed by atoms with Gasteiger partial charge in [0.2, 0.25) is 0 Å². The molecule has 5 heteroatoms. The first-order valence-corrected chi connectivity index (χ1v) is 7.28. The van der Waals surface area contributed by atoms with Gasteiger partial charge in [-0.25, -0.2) is 0 Å². The van der Waals surface area contributed by atoms with E-state index >= 15 is 0 Å². The van der Waals surface area contributed by atoms with E-state index in [0.717, 1.165) is 11.1 Å². The van der Waals surface area contributed by atoms with Gasteiger partial charge in [-0.1, -0.05) is 60.7 Å². The zero-order valence-corrected chi connectivity index (χ0v) is 13.9. The quantitative estimate of drug-likeness (QED) is 0.790. The molecule has 0 saturated heterocycles. The average Bonchev–Trinajstić information content (AvgIpc) is 2.58. The molecule has 2 unspecified atom stereocenters. The molecule has 0 radical (unpaired) electrons. The average molecular weight is 336 g/mol. The first-order valence-electron chi connectivity index (χ1n) is 7.28. The summed E-state index contributed by atoms with van der Waals surface area (Å²) in [5.74, 6) is -0.454. The molecule has 2 aromatic carbocycles. The monoisotopic (exact) mass is 335 g/mol. The van der Waals surface area contributed by atoms with Gasteiger partial charge in [0.05, 0.1) is 12.7 Å². The van der Waals surface area contributed by atoms with Crippen LogP contribution in [0.25, 0.3) is 0 Å². The van der Waals surface area contributed by atoms with E-state index in [-0.39, 0.29) is 19.0 Å². The molecule has 0 saturated carbocycles. The number of carbonyl (C=O) groups excluding carboxylic acids is 1. The second-order valence-electron chi connectivity index (χ2n) is 5.12. The molecule has 0 bridgehead atoms. The van der Waals surface area contributed by atoms with Crippen molar-refractivity contribution in [3.05, 3.63) is 71.8 Å². The zero-order valence-electron chi connectivity index (χ0n) is 13.1. The van der Waals surface area contributed by atoms with Gasteiger partial charge in [-0.05, 0) is 18.1 Å². The van der Waals surface area contributed by atoms with Crippen LogP contribution in [0.5, 0.6) is 0 Å². The largest absolute Gasteiger partial charge is 0.460 e. The molecule has 23 heavy (non-hydrogen) atoms. The number of rotatable bonds is 7. The number of esters is 1. The summed E-state index contributed by atoms with van der Waals surface area (Å²) in [7, 11) is 0. The van der Waals surface area contributed by atoms with Crippen LogP contribution >= 0.6 is 12.4 Å². The minimum Gasteiger partial charge on any atom is -0.460 e. The summed E-state index contributed by atoms with van der Waals surface area (Å²) in [5, 5.41) is 0. The molecule has 2 aromatic rings. The van der Waals surface area contributed by atoms with Gasteiger partial charge in [-0.3, -0.25) is 4.79 Å². The van der Waals surface area contributed by atoms with Crippen molar-refractivity contribution in [3.63, 3.8) is 0 Å². The van der Waals surface area contributed by atoms with E-state index in [4.69, 9.17) is 15.2 Å². The van der Waals surface area contributed by atoms with E-state index in [1.165, 1.54) is 0 Å². The topological polar surface area (TPSA) is 61.5 Å². The van der Waals surface area contributed by atoms with E-state index in [1.54, 1.807) is 6.92 Å². The fourth-order valence-electron chi connectivity index (χ4n) is 1.92. The molecule has 0 aromatic heterocycles. The van der Waals surface area contributed by atoms with Crippen molar-refractivity contribution in [2.75, 3.05) is 0 Å². The Hall–Kier alpha value is -1.88. The Labute approximate surface area is 143 Å². The highest BCUT2D eigenvalue weighted by Crippen LogP contribution is 2.07. The Balaban J connectivity index is 0.00000264. The molecule has 0 fully saturated rings. The second kappa shape index (κ2) is 10.0. The third kappa shape index (κ3) is 6.40. The highest BCUT2D eigenvalue weighted by atomic mass is 35.5. The third-order valence-electron chi connectivity index (χ3n) is 3.36. The van der Waals surface area contributed by atoms with Crippen molar-refractivity contribution in [1.82, 2.24) is 0 Å². The van der Waals surface area contributed by atoms with Gasteiger partial charge >= 0.3 is 5.97 Å². The maximum atomic E-state index is 11.9. The third-order valence-corrected chi connectivity index (χ3v) is 3.36. The minimum atomic E-state index is -0.799. The first-order chi connectivity index (χ1) is 10.7. The zero-order chi connectivity index (χ0) is 15.8. The van der Waals surface area contributed by atoms with Gasteiger partial charge in [0.25, 0.3) is 0 Å². The molecule has 2 rings (SSSR count). The molecule has 0 spiro atoms. The fraction of sp³-hybridized carbons (Fsp3) is 0.278. The lowest BCUT2D eigenvalue weighted by Gasteiger charge is -2.19. The number of halogens is 1. The van der Waals surface area contributed by atoms with Crippen molar-refractivity contribution < 1.29 is 14.3 Å². The maximum absolute atomic E-state index is 11.9. The standard InChI is InChI=1S/C18H21NO3.ClH/c1-14(21-12-15-8-4-2-5-9-15)17(19)18(20)22-13-16-10-6-3-7-11-16;/h2-11,14,17H,12-13,19H2,1H3;1H. The Kier molecular flexibility index (Phi) is 8.33. The van der Waals surface area contributed by atoms with Gasteiger partial charge in [-0.15, -0.1) is 12.4 Å². The summed E-state index contributed by atoms with van der Waals surface area (Å²) < 4.78 is 10.9. The fourth-order valence-corrected chi connectivity index (χ4v) is 1.92. The van der Waals surface area contributed by atoms with Gasteiger partial charge < -0.3 is 15.2 Å². The maximum Gasteiger partial charge on any atom is 0.325 e. The Morgan fingerprint density at radius 3 is 1.96 bits per heavy atom. The van der Waals surface area contributed by atoms with E-state index < -0.39 is 18.1 Å². The van der Waals surface area contributed by atoms with Crippen LogP contribution in [0.2, 0.25) is 0 Å². The van der Waals surface area contributed by atoms with Crippen molar-refractivity contribution >= 4 is 18.4 Å². The summed E-state index contributed by atoms with van der Waals surface area (Å²) in [4.78, 5) is 11.9. The van der Waals surface area contributed by atoms with Crippen LogP contribution in [0, 0.1) is 0 Å². The van der Waals surface area contributed by atoms with E-state index in [0.29, 0.717) is 6.61 Å². The number of hydrogen-bond donors (Lipinski definition) is 1. The molecule has 124 valence electrons. The summed E-state index contributed by atoms with van der Waals surface area (Å²) in [6, 6.07) is 18.5. The van der Waals surface area contributed by atoms with Crippen LogP contribution in [0.4, 0.5) is 0 Å². The molecule has 0 aliphatic carbocycles. The first kappa shape index (κ1) is 19.2. The van der Waals surface area contributed by atoms with Gasteiger partial charge in [0, 0.05) is 0 Å². The predicted molar refractivity (Wildman–Crippen MR) is 92.2 cm³/mol. The molecule has 2 atom stereocenters. The number of hydrogen-bond acceptors (Lipinski definition) is 4. The number of carbonyl (C=O) groups is 1. The van der Waals surface area contributed by atoms with Crippen molar-refractivity contribution in [3.8, 4) is 0 Å². The number of nitrogens with two attached hydrogens (primary N) is 1. The van der Waals surface area contributed by atoms with Crippen LogP contribution in [-0.2, 0) is 27.5 Å². The molecule has 2 N–H and O–H groups in total. The van der Waals surface area contributed by atoms with E-state index in [2.05, 4.69) is 0 Å². The lowest BCUT2D eigenvalue weighted by molar-refractivity contribution is -0.150. The number of ether oxygens (including phenoxy) is 2. The molecule has 4 nitrogen and oxygen atoms in total. The normalized spacial score (nSPS) is 12.8. The van der Waals surface area contributed by atoms with Gasteiger partial charge in [0.1, 0.15) is 12.6 Å².